The lowest BCUT2D eigenvalue weighted by atomic mass is 9.94. The van der Waals surface area contributed by atoms with Gasteiger partial charge in [0.25, 0.3) is 0 Å². The van der Waals surface area contributed by atoms with Crippen molar-refractivity contribution in [2.24, 2.45) is 5.92 Å². The third-order valence-corrected chi connectivity index (χ3v) is 4.30. The van der Waals surface area contributed by atoms with Crippen LogP contribution in [0.1, 0.15) is 36.5 Å². The third-order valence-electron chi connectivity index (χ3n) is 4.05. The van der Waals surface area contributed by atoms with Gasteiger partial charge in [0.05, 0.1) is 5.56 Å². The third kappa shape index (κ3) is 5.91. The molecule has 0 bridgehead atoms. The predicted molar refractivity (Wildman–Crippen MR) is 88.7 cm³/mol. The molecule has 0 radical (unpaired) electrons. The molecule has 2 aromatic carbocycles. The standard InChI is InChI=1S/C19H20ClF3/c1-14(3-5-16-8-12-18(20)13-9-16)2-4-15-6-10-17(11-7-15)19(21,22)23/h6-14H,2-5H2,1H3/t14-/m0/s1. The van der Waals surface area contributed by atoms with Crippen molar-refractivity contribution in [3.8, 4) is 0 Å². The molecule has 0 fully saturated rings. The number of benzene rings is 2. The number of aryl methyl sites for hydroxylation is 2. The Kier molecular flexibility index (Phi) is 6.11. The van der Waals surface area contributed by atoms with Crippen LogP contribution >= 0.6 is 11.6 Å². The molecule has 23 heavy (non-hydrogen) atoms. The Balaban J connectivity index is 1.77. The van der Waals surface area contributed by atoms with Crippen LogP contribution in [0.2, 0.25) is 5.02 Å². The van der Waals surface area contributed by atoms with Crippen LogP contribution in [0, 0.1) is 5.92 Å². The van der Waals surface area contributed by atoms with Crippen LogP contribution in [-0.2, 0) is 19.0 Å². The minimum atomic E-state index is -4.26. The Hall–Kier alpha value is -1.48. The van der Waals surface area contributed by atoms with Gasteiger partial charge in [0.15, 0.2) is 0 Å². The highest BCUT2D eigenvalue weighted by molar-refractivity contribution is 6.30. The van der Waals surface area contributed by atoms with Crippen molar-refractivity contribution in [1.29, 1.82) is 0 Å². The van der Waals surface area contributed by atoms with Gasteiger partial charge in [-0.15, -0.1) is 0 Å². The van der Waals surface area contributed by atoms with Crippen molar-refractivity contribution >= 4 is 11.6 Å². The van der Waals surface area contributed by atoms with Gasteiger partial charge in [-0.2, -0.15) is 13.2 Å². The molecule has 0 spiro atoms. The monoisotopic (exact) mass is 340 g/mol. The molecule has 4 heteroatoms. The van der Waals surface area contributed by atoms with Crippen molar-refractivity contribution in [2.45, 2.75) is 38.8 Å². The Morgan fingerprint density at radius 2 is 1.26 bits per heavy atom. The lowest BCUT2D eigenvalue weighted by Gasteiger charge is -2.12. The minimum Gasteiger partial charge on any atom is -0.166 e. The summed E-state index contributed by atoms with van der Waals surface area (Å²) in [4.78, 5) is 0. The van der Waals surface area contributed by atoms with Gasteiger partial charge < -0.3 is 0 Å². The zero-order valence-corrected chi connectivity index (χ0v) is 13.8. The fraction of sp³-hybridized carbons (Fsp3) is 0.368. The van der Waals surface area contributed by atoms with E-state index in [1.807, 2.05) is 24.3 Å². The van der Waals surface area contributed by atoms with Crippen molar-refractivity contribution in [3.05, 3.63) is 70.2 Å². The first-order chi connectivity index (χ1) is 10.8. The molecule has 124 valence electrons. The second-order valence-corrected chi connectivity index (χ2v) is 6.44. The van der Waals surface area contributed by atoms with E-state index in [0.717, 1.165) is 48.4 Å². The number of alkyl halides is 3. The molecule has 0 saturated carbocycles. The van der Waals surface area contributed by atoms with E-state index in [1.165, 1.54) is 5.56 Å². The second-order valence-electron chi connectivity index (χ2n) is 6.00. The summed E-state index contributed by atoms with van der Waals surface area (Å²) in [5.74, 6) is 0.521. The average molecular weight is 341 g/mol. The summed E-state index contributed by atoms with van der Waals surface area (Å²) in [7, 11) is 0. The first-order valence-electron chi connectivity index (χ1n) is 7.75. The Labute approximate surface area is 140 Å². The zero-order valence-electron chi connectivity index (χ0n) is 13.0. The summed E-state index contributed by atoms with van der Waals surface area (Å²) in [5.41, 5.74) is 1.63. The summed E-state index contributed by atoms with van der Waals surface area (Å²) in [6.45, 7) is 2.18. The van der Waals surface area contributed by atoms with Crippen LogP contribution in [-0.4, -0.2) is 0 Å². The maximum absolute atomic E-state index is 12.5. The molecule has 2 aromatic rings. The molecular formula is C19H20ClF3. The number of rotatable bonds is 6. The van der Waals surface area contributed by atoms with E-state index in [4.69, 9.17) is 11.6 Å². The number of hydrogen-bond acceptors (Lipinski definition) is 0. The summed E-state index contributed by atoms with van der Waals surface area (Å²) in [5, 5.41) is 0.740. The fourth-order valence-corrected chi connectivity index (χ4v) is 2.61. The van der Waals surface area contributed by atoms with Crippen LogP contribution in [0.4, 0.5) is 13.2 Å². The molecular weight excluding hydrogens is 321 g/mol. The molecule has 0 nitrogen and oxygen atoms in total. The SMILES string of the molecule is C[C@H](CCc1ccc(Cl)cc1)CCc1ccc(C(F)(F)F)cc1. The lowest BCUT2D eigenvalue weighted by Crippen LogP contribution is -2.05. The predicted octanol–water partition coefficient (Wildman–Crippen LogP) is 6.56. The van der Waals surface area contributed by atoms with Gasteiger partial charge in [0.2, 0.25) is 0 Å². The van der Waals surface area contributed by atoms with Gasteiger partial charge in [-0.3, -0.25) is 0 Å². The molecule has 0 aliphatic heterocycles. The average Bonchev–Trinajstić information content (AvgIpc) is 2.52. The minimum absolute atomic E-state index is 0.521. The summed E-state index contributed by atoms with van der Waals surface area (Å²) < 4.78 is 37.5. The molecule has 0 saturated heterocycles. The quantitative estimate of drug-likeness (QED) is 0.558. The van der Waals surface area contributed by atoms with E-state index in [9.17, 15) is 13.2 Å². The molecule has 1 atom stereocenters. The Morgan fingerprint density at radius 1 is 0.826 bits per heavy atom. The number of hydrogen-bond donors (Lipinski definition) is 0. The first-order valence-corrected chi connectivity index (χ1v) is 8.13. The smallest absolute Gasteiger partial charge is 0.166 e. The van der Waals surface area contributed by atoms with Gasteiger partial charge in [-0.1, -0.05) is 42.8 Å². The zero-order chi connectivity index (χ0) is 16.9. The maximum atomic E-state index is 12.5. The van der Waals surface area contributed by atoms with E-state index < -0.39 is 11.7 Å². The van der Waals surface area contributed by atoms with E-state index in [-0.39, 0.29) is 0 Å². The highest BCUT2D eigenvalue weighted by Crippen LogP contribution is 2.29. The summed E-state index contributed by atoms with van der Waals surface area (Å²) in [6.07, 6.45) is -0.434. The van der Waals surface area contributed by atoms with Gasteiger partial charge in [-0.05, 0) is 67.0 Å². The van der Waals surface area contributed by atoms with E-state index in [2.05, 4.69) is 6.92 Å². The fourth-order valence-electron chi connectivity index (χ4n) is 2.48. The summed E-state index contributed by atoms with van der Waals surface area (Å²) in [6, 6.07) is 13.3. The van der Waals surface area contributed by atoms with Crippen LogP contribution in [0.5, 0.6) is 0 Å². The highest BCUT2D eigenvalue weighted by atomic mass is 35.5. The first kappa shape index (κ1) is 17.9. The van der Waals surface area contributed by atoms with E-state index in [1.54, 1.807) is 12.1 Å². The molecule has 0 N–H and O–H groups in total. The maximum Gasteiger partial charge on any atom is 0.416 e. The topological polar surface area (TPSA) is 0 Å². The van der Waals surface area contributed by atoms with Gasteiger partial charge in [-0.25, -0.2) is 0 Å². The highest BCUT2D eigenvalue weighted by Gasteiger charge is 2.29. The normalized spacial score (nSPS) is 13.1. The van der Waals surface area contributed by atoms with Crippen LogP contribution in [0.25, 0.3) is 0 Å². The second kappa shape index (κ2) is 7.87. The largest absolute Gasteiger partial charge is 0.416 e. The molecule has 0 unspecified atom stereocenters. The van der Waals surface area contributed by atoms with Crippen LogP contribution in [0.3, 0.4) is 0 Å². The Bertz CT molecular complexity index is 600. The van der Waals surface area contributed by atoms with Gasteiger partial charge >= 0.3 is 6.18 Å². The molecule has 2 rings (SSSR count). The van der Waals surface area contributed by atoms with Crippen LogP contribution < -0.4 is 0 Å². The van der Waals surface area contributed by atoms with E-state index in [0.29, 0.717) is 5.92 Å². The Morgan fingerprint density at radius 3 is 1.70 bits per heavy atom. The van der Waals surface area contributed by atoms with Gasteiger partial charge in [0.1, 0.15) is 0 Å². The molecule has 0 aliphatic carbocycles. The molecule has 0 heterocycles. The molecule has 0 aliphatic rings. The lowest BCUT2D eigenvalue weighted by molar-refractivity contribution is -0.137. The van der Waals surface area contributed by atoms with Crippen molar-refractivity contribution in [2.75, 3.05) is 0 Å². The van der Waals surface area contributed by atoms with Gasteiger partial charge in [0, 0.05) is 5.02 Å². The summed E-state index contributed by atoms with van der Waals surface area (Å²) >= 11 is 5.86. The molecule has 0 aromatic heterocycles. The van der Waals surface area contributed by atoms with Crippen molar-refractivity contribution in [1.82, 2.24) is 0 Å². The van der Waals surface area contributed by atoms with Crippen molar-refractivity contribution < 1.29 is 13.2 Å². The number of halogens is 4. The van der Waals surface area contributed by atoms with Crippen molar-refractivity contribution in [3.63, 3.8) is 0 Å². The molecule has 0 amide bonds. The van der Waals surface area contributed by atoms with Crippen LogP contribution in [0.15, 0.2) is 48.5 Å². The van der Waals surface area contributed by atoms with E-state index >= 15 is 0 Å².